The summed E-state index contributed by atoms with van der Waals surface area (Å²) in [6.07, 6.45) is -4.87. The molecule has 0 aliphatic rings. The molecule has 3 aromatic rings. The van der Waals surface area contributed by atoms with E-state index in [-0.39, 0.29) is 10.7 Å². The molecule has 0 radical (unpaired) electrons. The van der Waals surface area contributed by atoms with Gasteiger partial charge in [0, 0.05) is 22.4 Å². The van der Waals surface area contributed by atoms with E-state index in [0.29, 0.717) is 12.1 Å². The van der Waals surface area contributed by atoms with Gasteiger partial charge in [0.1, 0.15) is 23.0 Å². The molecule has 0 saturated carbocycles. The lowest BCUT2D eigenvalue weighted by Gasteiger charge is -2.17. The molecule has 4 nitrogen and oxygen atoms in total. The number of ketones is 1. The van der Waals surface area contributed by atoms with E-state index in [2.05, 4.69) is 10.3 Å². The van der Waals surface area contributed by atoms with E-state index in [1.807, 2.05) is 0 Å². The summed E-state index contributed by atoms with van der Waals surface area (Å²) in [5.41, 5.74) is -3.68. The summed E-state index contributed by atoms with van der Waals surface area (Å²) in [5.74, 6) is -3.76. The van der Waals surface area contributed by atoms with Gasteiger partial charge in [-0.1, -0.05) is 25.4 Å². The minimum atomic E-state index is -4.87. The monoisotopic (exact) mass is 444 g/mol. The number of alkyl halides is 3. The van der Waals surface area contributed by atoms with Crippen LogP contribution in [-0.4, -0.2) is 10.8 Å². The van der Waals surface area contributed by atoms with Gasteiger partial charge in [0.15, 0.2) is 5.78 Å². The van der Waals surface area contributed by atoms with Gasteiger partial charge in [-0.3, -0.25) is 9.59 Å². The van der Waals surface area contributed by atoms with Gasteiger partial charge in [-0.2, -0.15) is 13.2 Å². The minimum Gasteiger partial charge on any atom is -0.340 e. The molecule has 0 aliphatic carbocycles. The number of aromatic nitrogens is 1. The topological polar surface area (TPSA) is 62.0 Å². The van der Waals surface area contributed by atoms with Crippen LogP contribution in [-0.2, 0) is 6.18 Å². The third-order valence-corrected chi connectivity index (χ3v) is 4.56. The normalized spacial score (nSPS) is 11.9. The quantitative estimate of drug-likeness (QED) is 0.380. The van der Waals surface area contributed by atoms with Gasteiger partial charge in [0.2, 0.25) is 5.43 Å². The fourth-order valence-corrected chi connectivity index (χ4v) is 3.14. The maximum Gasteiger partial charge on any atom is 0.418 e. The van der Waals surface area contributed by atoms with E-state index < -0.39 is 62.8 Å². The molecule has 2 N–H and O–H groups in total. The highest BCUT2D eigenvalue weighted by Gasteiger charge is 2.35. The van der Waals surface area contributed by atoms with Crippen LogP contribution in [0.15, 0.2) is 35.1 Å². The van der Waals surface area contributed by atoms with E-state index in [4.69, 9.17) is 11.6 Å². The van der Waals surface area contributed by atoms with E-state index >= 15 is 0 Å². The Bertz CT molecular complexity index is 1220. The SMILES string of the molecule is CC(C)C(=O)c1c(Nc2ccc(F)cc2F)[nH]c2c(C(F)(F)F)cc(Cl)cc2c1=O. The zero-order chi connectivity index (χ0) is 22.4. The van der Waals surface area contributed by atoms with Gasteiger partial charge in [0.05, 0.1) is 16.8 Å². The number of Topliss-reactive ketones (excluding diaryl/α,β-unsaturated/α-hetero) is 1. The summed E-state index contributed by atoms with van der Waals surface area (Å²) in [4.78, 5) is 28.0. The van der Waals surface area contributed by atoms with Crippen LogP contribution in [0.2, 0.25) is 5.02 Å². The van der Waals surface area contributed by atoms with Crippen molar-refractivity contribution in [2.45, 2.75) is 20.0 Å². The fourth-order valence-electron chi connectivity index (χ4n) is 2.92. The van der Waals surface area contributed by atoms with Crippen molar-refractivity contribution in [3.05, 3.63) is 68.3 Å². The number of aromatic amines is 1. The molecule has 0 atom stereocenters. The molecule has 0 bridgehead atoms. The van der Waals surface area contributed by atoms with E-state index in [1.54, 1.807) is 0 Å². The van der Waals surface area contributed by atoms with Gasteiger partial charge in [-0.15, -0.1) is 0 Å². The predicted octanol–water partition coefficient (Wildman–Crippen LogP) is 6.06. The van der Waals surface area contributed by atoms with Crippen LogP contribution < -0.4 is 10.7 Å². The Labute approximate surface area is 171 Å². The van der Waals surface area contributed by atoms with E-state index in [0.717, 1.165) is 18.2 Å². The first-order valence-corrected chi connectivity index (χ1v) is 9.01. The number of anilines is 2. The van der Waals surface area contributed by atoms with E-state index in [1.165, 1.54) is 13.8 Å². The minimum absolute atomic E-state index is 0.339. The number of rotatable bonds is 4. The molecule has 0 fully saturated rings. The second-order valence-electron chi connectivity index (χ2n) is 6.85. The number of carbonyl (C=O) groups excluding carboxylic acids is 1. The Morgan fingerprint density at radius 2 is 1.80 bits per heavy atom. The summed E-state index contributed by atoms with van der Waals surface area (Å²) >= 11 is 5.76. The lowest BCUT2D eigenvalue weighted by molar-refractivity contribution is -0.136. The molecule has 0 saturated heterocycles. The van der Waals surface area contributed by atoms with Crippen LogP contribution in [0.25, 0.3) is 10.9 Å². The average molecular weight is 445 g/mol. The average Bonchev–Trinajstić information content (AvgIpc) is 2.63. The first-order chi connectivity index (χ1) is 13.9. The van der Waals surface area contributed by atoms with Gasteiger partial charge in [-0.25, -0.2) is 8.78 Å². The largest absolute Gasteiger partial charge is 0.418 e. The molecule has 0 amide bonds. The zero-order valence-corrected chi connectivity index (χ0v) is 16.3. The number of H-pyrrole nitrogens is 1. The molecule has 1 aromatic heterocycles. The van der Waals surface area contributed by atoms with Crippen molar-refractivity contribution >= 4 is 39.8 Å². The highest BCUT2D eigenvalue weighted by atomic mass is 35.5. The van der Waals surface area contributed by atoms with Crippen molar-refractivity contribution in [1.29, 1.82) is 0 Å². The van der Waals surface area contributed by atoms with Crippen LogP contribution in [0.3, 0.4) is 0 Å². The molecule has 0 spiro atoms. The van der Waals surface area contributed by atoms with Gasteiger partial charge >= 0.3 is 6.18 Å². The Balaban J connectivity index is 2.38. The second kappa shape index (κ2) is 7.71. The number of nitrogens with one attached hydrogen (secondary N) is 2. The van der Waals surface area contributed by atoms with Crippen molar-refractivity contribution in [2.75, 3.05) is 5.32 Å². The smallest absolute Gasteiger partial charge is 0.340 e. The third kappa shape index (κ3) is 4.02. The molecule has 158 valence electrons. The predicted molar refractivity (Wildman–Crippen MR) is 103 cm³/mol. The number of benzene rings is 2. The van der Waals surface area contributed by atoms with E-state index in [9.17, 15) is 31.5 Å². The van der Waals surface area contributed by atoms with Crippen LogP contribution in [0.4, 0.5) is 33.5 Å². The van der Waals surface area contributed by atoms with Crippen molar-refractivity contribution in [3.63, 3.8) is 0 Å². The molecular formula is C20H14ClF5N2O2. The molecule has 3 rings (SSSR count). The number of hydrogen-bond donors (Lipinski definition) is 2. The Kier molecular flexibility index (Phi) is 5.60. The number of halogens is 6. The first-order valence-electron chi connectivity index (χ1n) is 8.63. The number of hydrogen-bond acceptors (Lipinski definition) is 3. The number of fused-ring (bicyclic) bond motifs is 1. The fraction of sp³-hybridized carbons (Fsp3) is 0.200. The summed E-state index contributed by atoms with van der Waals surface area (Å²) in [6.45, 7) is 2.99. The molecular weight excluding hydrogens is 431 g/mol. The highest BCUT2D eigenvalue weighted by Crippen LogP contribution is 2.36. The van der Waals surface area contributed by atoms with Gasteiger partial charge in [0.25, 0.3) is 0 Å². The van der Waals surface area contributed by atoms with Crippen molar-refractivity contribution in [3.8, 4) is 0 Å². The Morgan fingerprint density at radius 3 is 2.37 bits per heavy atom. The summed E-state index contributed by atoms with van der Waals surface area (Å²) in [5, 5.41) is 1.63. The molecule has 2 aromatic carbocycles. The standard InChI is InChI=1S/C20H14ClF5N2O2/c1-8(2)17(29)15-18(30)11-5-9(21)6-12(20(24,25)26)16(11)28-19(15)27-14-4-3-10(22)7-13(14)23/h3-8H,1-2H3,(H2,27,28,30). The van der Waals surface area contributed by atoms with Gasteiger partial charge < -0.3 is 10.3 Å². The molecule has 10 heteroatoms. The molecule has 0 unspecified atom stereocenters. The highest BCUT2D eigenvalue weighted by molar-refractivity contribution is 6.31. The summed E-state index contributed by atoms with van der Waals surface area (Å²) in [6, 6.07) is 4.10. The van der Waals surface area contributed by atoms with Crippen LogP contribution >= 0.6 is 11.6 Å². The maximum absolute atomic E-state index is 14.1. The second-order valence-corrected chi connectivity index (χ2v) is 7.28. The lowest BCUT2D eigenvalue weighted by Crippen LogP contribution is -2.23. The molecule has 1 heterocycles. The summed E-state index contributed by atoms with van der Waals surface area (Å²) < 4.78 is 67.8. The van der Waals surface area contributed by atoms with Crippen molar-refractivity contribution in [2.24, 2.45) is 5.92 Å². The molecule has 30 heavy (non-hydrogen) atoms. The van der Waals surface area contributed by atoms with Crippen molar-refractivity contribution in [1.82, 2.24) is 4.98 Å². The maximum atomic E-state index is 14.1. The van der Waals surface area contributed by atoms with Crippen LogP contribution in [0, 0.1) is 17.6 Å². The van der Waals surface area contributed by atoms with Crippen LogP contribution in [0.5, 0.6) is 0 Å². The first kappa shape index (κ1) is 21.8. The summed E-state index contributed by atoms with van der Waals surface area (Å²) in [7, 11) is 0. The third-order valence-electron chi connectivity index (χ3n) is 4.34. The Morgan fingerprint density at radius 1 is 1.13 bits per heavy atom. The Hall–Kier alpha value is -2.94. The number of pyridine rings is 1. The van der Waals surface area contributed by atoms with Crippen LogP contribution in [0.1, 0.15) is 29.8 Å². The molecule has 0 aliphatic heterocycles. The number of carbonyl (C=O) groups is 1. The lowest BCUT2D eigenvalue weighted by atomic mass is 9.98. The van der Waals surface area contributed by atoms with Crippen molar-refractivity contribution < 1.29 is 26.7 Å². The van der Waals surface area contributed by atoms with Gasteiger partial charge in [-0.05, 0) is 24.3 Å². The zero-order valence-electron chi connectivity index (χ0n) is 15.5.